The average molecular weight is 361 g/mol. The van der Waals surface area contributed by atoms with Crippen molar-refractivity contribution in [2.75, 3.05) is 11.4 Å². The van der Waals surface area contributed by atoms with Crippen LogP contribution in [0.3, 0.4) is 0 Å². The van der Waals surface area contributed by atoms with Gasteiger partial charge in [0.25, 0.3) is 5.91 Å². The molecule has 4 aromatic rings. The summed E-state index contributed by atoms with van der Waals surface area (Å²) < 4.78 is 5.84. The Hall–Kier alpha value is -3.05. The van der Waals surface area contributed by atoms with Crippen LogP contribution in [0.25, 0.3) is 27.5 Å². The quantitative estimate of drug-likeness (QED) is 0.529. The third kappa shape index (κ3) is 2.17. The molecule has 0 atom stereocenters. The molecule has 0 spiro atoms. The van der Waals surface area contributed by atoms with Gasteiger partial charge in [0.15, 0.2) is 0 Å². The van der Waals surface area contributed by atoms with Gasteiger partial charge in [-0.3, -0.25) is 9.69 Å². The molecular formula is C21H15NO3S. The number of thiophene rings is 1. The maximum Gasteiger partial charge on any atom is 0.263 e. The number of fused-ring (bicyclic) bond motifs is 3. The fourth-order valence-corrected chi connectivity index (χ4v) is 4.37. The van der Waals surface area contributed by atoms with Crippen molar-refractivity contribution in [2.24, 2.45) is 0 Å². The second kappa shape index (κ2) is 5.47. The zero-order chi connectivity index (χ0) is 17.8. The highest BCUT2D eigenvalue weighted by atomic mass is 32.1. The van der Waals surface area contributed by atoms with E-state index < -0.39 is 0 Å². The number of aryl methyl sites for hydroxylation is 1. The van der Waals surface area contributed by atoms with Crippen LogP contribution in [0.15, 0.2) is 64.1 Å². The van der Waals surface area contributed by atoms with Crippen molar-refractivity contribution in [1.29, 1.82) is 0 Å². The Bertz CT molecular complexity index is 1210. The number of hydrogen-bond donors (Lipinski definition) is 1. The third-order valence-electron chi connectivity index (χ3n) is 4.70. The summed E-state index contributed by atoms with van der Waals surface area (Å²) in [6.45, 7) is 2.20. The monoisotopic (exact) mass is 361 g/mol. The Balaban J connectivity index is 1.61. The molecule has 0 aliphatic carbocycles. The van der Waals surface area contributed by atoms with Crippen molar-refractivity contribution in [3.8, 4) is 0 Å². The summed E-state index contributed by atoms with van der Waals surface area (Å²) in [6.07, 6.45) is 0. The van der Waals surface area contributed by atoms with Gasteiger partial charge in [-0.15, -0.1) is 11.3 Å². The number of benzene rings is 2. The maximum atomic E-state index is 13.0. The van der Waals surface area contributed by atoms with E-state index in [1.165, 1.54) is 11.3 Å². The first kappa shape index (κ1) is 15.2. The van der Waals surface area contributed by atoms with Crippen LogP contribution < -0.4 is 4.90 Å². The highest BCUT2D eigenvalue weighted by Crippen LogP contribution is 2.36. The van der Waals surface area contributed by atoms with Gasteiger partial charge in [0, 0.05) is 10.8 Å². The van der Waals surface area contributed by atoms with Gasteiger partial charge in [0.05, 0.1) is 17.1 Å². The van der Waals surface area contributed by atoms with Crippen LogP contribution >= 0.6 is 11.3 Å². The number of amides is 1. The Morgan fingerprint density at radius 1 is 1.08 bits per heavy atom. The molecule has 26 heavy (non-hydrogen) atoms. The van der Waals surface area contributed by atoms with Gasteiger partial charge in [-0.05, 0) is 47.7 Å². The SMILES string of the molecule is Cc1csc(N2CC(O)=C(c3ccc4oc5ccccc5c4c3)C2=O)c1. The van der Waals surface area contributed by atoms with Gasteiger partial charge < -0.3 is 9.52 Å². The normalized spacial score (nSPS) is 15.0. The van der Waals surface area contributed by atoms with Crippen LogP contribution in [-0.2, 0) is 4.79 Å². The molecule has 2 aromatic heterocycles. The van der Waals surface area contributed by atoms with Crippen LogP contribution in [0.5, 0.6) is 0 Å². The number of aliphatic hydroxyl groups excluding tert-OH is 1. The molecule has 0 fully saturated rings. The molecule has 0 unspecified atom stereocenters. The van der Waals surface area contributed by atoms with Crippen LogP contribution in [0.1, 0.15) is 11.1 Å². The fourth-order valence-electron chi connectivity index (χ4n) is 3.47. The molecule has 4 nitrogen and oxygen atoms in total. The summed E-state index contributed by atoms with van der Waals surface area (Å²) in [5.41, 5.74) is 3.76. The lowest BCUT2D eigenvalue weighted by atomic mass is 10.0. The zero-order valence-electron chi connectivity index (χ0n) is 14.0. The van der Waals surface area contributed by atoms with Crippen molar-refractivity contribution in [2.45, 2.75) is 6.92 Å². The molecule has 1 aliphatic heterocycles. The summed E-state index contributed by atoms with van der Waals surface area (Å²) in [4.78, 5) is 14.6. The molecule has 1 aliphatic rings. The molecule has 1 N–H and O–H groups in total. The van der Waals surface area contributed by atoms with E-state index in [9.17, 15) is 9.90 Å². The first-order valence-corrected chi connectivity index (χ1v) is 9.20. The van der Waals surface area contributed by atoms with E-state index >= 15 is 0 Å². The van der Waals surface area contributed by atoms with Gasteiger partial charge in [-0.2, -0.15) is 0 Å². The van der Waals surface area contributed by atoms with Crippen LogP contribution in [0.4, 0.5) is 5.00 Å². The van der Waals surface area contributed by atoms with Crippen molar-refractivity contribution >= 4 is 49.8 Å². The minimum atomic E-state index is -0.170. The van der Waals surface area contributed by atoms with E-state index in [2.05, 4.69) is 0 Å². The first-order chi connectivity index (χ1) is 12.6. The number of para-hydroxylation sites is 1. The number of carbonyl (C=O) groups excluding carboxylic acids is 1. The summed E-state index contributed by atoms with van der Waals surface area (Å²) in [7, 11) is 0. The number of furan rings is 1. The van der Waals surface area contributed by atoms with Crippen molar-refractivity contribution in [1.82, 2.24) is 0 Å². The van der Waals surface area contributed by atoms with Gasteiger partial charge >= 0.3 is 0 Å². The summed E-state index contributed by atoms with van der Waals surface area (Å²) in [5, 5.41) is 15.3. The average Bonchev–Trinajstić information content (AvgIpc) is 3.30. The first-order valence-electron chi connectivity index (χ1n) is 8.32. The van der Waals surface area contributed by atoms with Gasteiger partial charge in [0.1, 0.15) is 16.9 Å². The molecule has 0 radical (unpaired) electrons. The van der Waals surface area contributed by atoms with E-state index in [0.29, 0.717) is 11.1 Å². The highest BCUT2D eigenvalue weighted by molar-refractivity contribution is 7.14. The van der Waals surface area contributed by atoms with E-state index in [4.69, 9.17) is 4.42 Å². The lowest BCUT2D eigenvalue weighted by Crippen LogP contribution is -2.25. The Morgan fingerprint density at radius 2 is 1.88 bits per heavy atom. The Kier molecular flexibility index (Phi) is 3.21. The summed E-state index contributed by atoms with van der Waals surface area (Å²) in [6, 6.07) is 15.4. The third-order valence-corrected chi connectivity index (χ3v) is 5.77. The molecule has 5 rings (SSSR count). The predicted octanol–water partition coefficient (Wildman–Crippen LogP) is 5.27. The summed E-state index contributed by atoms with van der Waals surface area (Å²) >= 11 is 1.51. The second-order valence-corrected chi connectivity index (χ2v) is 7.37. The predicted molar refractivity (Wildman–Crippen MR) is 105 cm³/mol. The standard InChI is InChI=1S/C21H15NO3S/c1-12-8-19(26-11-12)22-10-16(23)20(21(22)24)13-6-7-18-15(9-13)14-4-2-3-5-17(14)25-18/h2-9,11,23H,10H2,1H3. The fraction of sp³-hybridized carbons (Fsp3) is 0.0952. The van der Waals surface area contributed by atoms with Crippen LogP contribution in [-0.4, -0.2) is 17.6 Å². The van der Waals surface area contributed by atoms with E-state index in [1.54, 1.807) is 4.90 Å². The van der Waals surface area contributed by atoms with Crippen molar-refractivity contribution in [3.63, 3.8) is 0 Å². The van der Waals surface area contributed by atoms with Gasteiger partial charge in [-0.1, -0.05) is 24.3 Å². The number of rotatable bonds is 2. The molecule has 0 saturated carbocycles. The minimum absolute atomic E-state index is 0.105. The van der Waals surface area contributed by atoms with Gasteiger partial charge in [-0.25, -0.2) is 0 Å². The minimum Gasteiger partial charge on any atom is -0.510 e. The van der Waals surface area contributed by atoms with Crippen LogP contribution in [0, 0.1) is 6.92 Å². The van der Waals surface area contributed by atoms with E-state index in [0.717, 1.165) is 32.5 Å². The molecule has 0 saturated heterocycles. The largest absolute Gasteiger partial charge is 0.510 e. The molecule has 2 aromatic carbocycles. The lowest BCUT2D eigenvalue weighted by Gasteiger charge is -2.13. The van der Waals surface area contributed by atoms with Crippen LogP contribution in [0.2, 0.25) is 0 Å². The Labute approximate surface area is 153 Å². The number of carbonyl (C=O) groups is 1. The number of hydrogen-bond acceptors (Lipinski definition) is 4. The molecule has 3 heterocycles. The second-order valence-electron chi connectivity index (χ2n) is 6.48. The number of nitrogens with zero attached hydrogens (tertiary/aromatic N) is 1. The van der Waals surface area contributed by atoms with Gasteiger partial charge in [0.2, 0.25) is 0 Å². The summed E-state index contributed by atoms with van der Waals surface area (Å²) in [5.74, 6) is -0.0651. The molecular weight excluding hydrogens is 346 g/mol. The lowest BCUT2D eigenvalue weighted by molar-refractivity contribution is -0.112. The Morgan fingerprint density at radius 3 is 2.69 bits per heavy atom. The number of aliphatic hydroxyl groups is 1. The zero-order valence-corrected chi connectivity index (χ0v) is 14.8. The molecule has 0 bridgehead atoms. The number of anilines is 1. The smallest absolute Gasteiger partial charge is 0.263 e. The van der Waals surface area contributed by atoms with Crippen molar-refractivity contribution < 1.29 is 14.3 Å². The van der Waals surface area contributed by atoms with E-state index in [-0.39, 0.29) is 18.2 Å². The van der Waals surface area contributed by atoms with Crippen molar-refractivity contribution in [3.05, 3.63) is 70.8 Å². The topological polar surface area (TPSA) is 53.7 Å². The molecule has 1 amide bonds. The molecule has 5 heteroatoms. The maximum absolute atomic E-state index is 13.0. The van der Waals surface area contributed by atoms with E-state index in [1.807, 2.05) is 60.8 Å². The molecule has 128 valence electrons. The highest BCUT2D eigenvalue weighted by Gasteiger charge is 2.33.